The van der Waals surface area contributed by atoms with E-state index in [2.05, 4.69) is 23.3 Å². The van der Waals surface area contributed by atoms with Crippen molar-refractivity contribution >= 4 is 17.2 Å². The summed E-state index contributed by atoms with van der Waals surface area (Å²) in [5.41, 5.74) is 0.941. The molecule has 0 aliphatic carbocycles. The molecular formula is C17H24N2O3S. The number of carbonyl (C=O) groups is 1. The molecule has 0 spiro atoms. The molecule has 0 saturated carbocycles. The Morgan fingerprint density at radius 3 is 3.09 bits per heavy atom. The van der Waals surface area contributed by atoms with Gasteiger partial charge in [-0.05, 0) is 43.2 Å². The number of carbonyl (C=O) groups excluding carboxylic acids is 1. The molecule has 1 amide bonds. The Kier molecular flexibility index (Phi) is 4.17. The molecule has 23 heavy (non-hydrogen) atoms. The number of nitrogens with zero attached hydrogens (tertiary/aromatic N) is 2. The third-order valence-corrected chi connectivity index (χ3v) is 6.45. The van der Waals surface area contributed by atoms with Crippen molar-refractivity contribution in [2.24, 2.45) is 5.41 Å². The molecule has 0 bridgehead atoms. The number of ether oxygens (including phenoxy) is 1. The van der Waals surface area contributed by atoms with Gasteiger partial charge in [0.1, 0.15) is 0 Å². The molecule has 126 valence electrons. The Hall–Kier alpha value is -0.950. The number of fused-ring (bicyclic) bond motifs is 1. The highest BCUT2D eigenvalue weighted by atomic mass is 32.1. The summed E-state index contributed by atoms with van der Waals surface area (Å²) in [6, 6.07) is 2.17. The van der Waals surface area contributed by atoms with E-state index >= 15 is 0 Å². The quantitative estimate of drug-likeness (QED) is 0.849. The van der Waals surface area contributed by atoms with Crippen molar-refractivity contribution in [1.29, 1.82) is 0 Å². The highest BCUT2D eigenvalue weighted by Crippen LogP contribution is 2.43. The lowest BCUT2D eigenvalue weighted by Gasteiger charge is -2.43. The van der Waals surface area contributed by atoms with Gasteiger partial charge in [0.05, 0.1) is 24.7 Å². The number of hydrogen-bond acceptors (Lipinski definition) is 5. The van der Waals surface area contributed by atoms with Gasteiger partial charge in [0, 0.05) is 31.1 Å². The number of amides is 1. The zero-order valence-electron chi connectivity index (χ0n) is 13.6. The van der Waals surface area contributed by atoms with Crippen LogP contribution in [0.3, 0.4) is 0 Å². The second-order valence-electron chi connectivity index (χ2n) is 6.89. The Morgan fingerprint density at radius 2 is 2.35 bits per heavy atom. The lowest BCUT2D eigenvalue weighted by molar-refractivity contribution is -0.187. The molecule has 3 fully saturated rings. The molecule has 1 aromatic rings. The summed E-state index contributed by atoms with van der Waals surface area (Å²) in [6.07, 6.45) is 2.74. The molecule has 6 heteroatoms. The lowest BCUT2D eigenvalue weighted by atomic mass is 9.75. The first-order valence-corrected chi connectivity index (χ1v) is 9.39. The minimum absolute atomic E-state index is 0.0554. The fraction of sp³-hybridized carbons (Fsp3) is 0.706. The van der Waals surface area contributed by atoms with Gasteiger partial charge in [-0.15, -0.1) is 11.3 Å². The lowest BCUT2D eigenvalue weighted by Crippen LogP contribution is -2.57. The molecule has 0 radical (unpaired) electrons. The van der Waals surface area contributed by atoms with Gasteiger partial charge >= 0.3 is 0 Å². The van der Waals surface area contributed by atoms with Gasteiger partial charge in [0.25, 0.3) is 5.91 Å². The molecule has 0 unspecified atom stereocenters. The van der Waals surface area contributed by atoms with Crippen LogP contribution in [0.5, 0.6) is 0 Å². The summed E-state index contributed by atoms with van der Waals surface area (Å²) in [7, 11) is 0. The Balaban J connectivity index is 1.53. The molecule has 0 aromatic carbocycles. The fourth-order valence-electron chi connectivity index (χ4n) is 4.09. The van der Waals surface area contributed by atoms with Gasteiger partial charge in [0.2, 0.25) is 0 Å². The molecular weight excluding hydrogens is 312 g/mol. The molecule has 3 aliphatic heterocycles. The third-order valence-electron chi connectivity index (χ3n) is 5.44. The zero-order valence-corrected chi connectivity index (χ0v) is 14.4. The Labute approximate surface area is 141 Å². The van der Waals surface area contributed by atoms with Gasteiger partial charge < -0.3 is 4.74 Å². The second-order valence-corrected chi connectivity index (χ2v) is 7.89. The Morgan fingerprint density at radius 1 is 1.43 bits per heavy atom. The van der Waals surface area contributed by atoms with Crippen LogP contribution in [0, 0.1) is 12.3 Å². The van der Waals surface area contributed by atoms with Gasteiger partial charge in [0.15, 0.2) is 0 Å². The third kappa shape index (κ3) is 2.71. The smallest absolute Gasteiger partial charge is 0.256 e. The maximum atomic E-state index is 13.1. The van der Waals surface area contributed by atoms with Crippen LogP contribution in [-0.4, -0.2) is 54.8 Å². The monoisotopic (exact) mass is 336 g/mol. The minimum atomic E-state index is -0.409. The van der Waals surface area contributed by atoms with Crippen molar-refractivity contribution in [3.63, 3.8) is 0 Å². The number of rotatable bonds is 3. The zero-order chi connectivity index (χ0) is 15.9. The SMILES string of the molecule is Cc1ccsc1CN1CC[C@H]2OCC[C@@]2(C(=O)N2CCCO2)C1. The van der Waals surface area contributed by atoms with Crippen LogP contribution in [0.4, 0.5) is 0 Å². The molecule has 0 N–H and O–H groups in total. The molecule has 4 rings (SSSR count). The molecule has 1 aromatic heterocycles. The largest absolute Gasteiger partial charge is 0.377 e. The molecule has 5 nitrogen and oxygen atoms in total. The van der Waals surface area contributed by atoms with E-state index in [1.807, 2.05) is 11.3 Å². The standard InChI is InChI=1S/C17H24N2O3S/c1-13-4-10-23-14(13)11-18-7-3-15-17(12-18,5-9-21-15)16(20)19-6-2-8-22-19/h4,10,15H,2-3,5-9,11-12H2,1H3/t15-,17-/m1/s1. The first-order valence-electron chi connectivity index (χ1n) is 8.51. The molecule has 2 atom stereocenters. The van der Waals surface area contributed by atoms with Crippen LogP contribution < -0.4 is 0 Å². The number of piperidine rings is 1. The van der Waals surface area contributed by atoms with Crippen molar-refractivity contribution in [1.82, 2.24) is 9.96 Å². The Bertz CT molecular complexity index is 584. The highest BCUT2D eigenvalue weighted by molar-refractivity contribution is 7.10. The van der Waals surface area contributed by atoms with E-state index < -0.39 is 5.41 Å². The van der Waals surface area contributed by atoms with Gasteiger partial charge in [-0.1, -0.05) is 0 Å². The van der Waals surface area contributed by atoms with Crippen LogP contribution in [-0.2, 0) is 20.9 Å². The van der Waals surface area contributed by atoms with Gasteiger partial charge in [-0.2, -0.15) is 0 Å². The summed E-state index contributed by atoms with van der Waals surface area (Å²) < 4.78 is 5.92. The topological polar surface area (TPSA) is 42.0 Å². The number of hydrogen-bond donors (Lipinski definition) is 0. The van der Waals surface area contributed by atoms with E-state index in [9.17, 15) is 4.79 Å². The summed E-state index contributed by atoms with van der Waals surface area (Å²) >= 11 is 1.81. The number of likely N-dealkylation sites (tertiary alicyclic amines) is 1. The van der Waals surface area contributed by atoms with E-state index in [0.29, 0.717) is 13.2 Å². The summed E-state index contributed by atoms with van der Waals surface area (Å²) in [5, 5.41) is 3.75. The van der Waals surface area contributed by atoms with Gasteiger partial charge in [-0.3, -0.25) is 14.5 Å². The van der Waals surface area contributed by atoms with Crippen LogP contribution in [0.15, 0.2) is 11.4 Å². The van der Waals surface area contributed by atoms with E-state index in [1.165, 1.54) is 10.4 Å². The second kappa shape index (κ2) is 6.16. The maximum absolute atomic E-state index is 13.1. The molecule has 4 heterocycles. The van der Waals surface area contributed by atoms with E-state index in [1.54, 1.807) is 5.06 Å². The predicted octanol–water partition coefficient (Wildman–Crippen LogP) is 2.20. The van der Waals surface area contributed by atoms with Crippen LogP contribution in [0.25, 0.3) is 0 Å². The first-order chi connectivity index (χ1) is 11.2. The normalized spacial score (nSPS) is 31.5. The first kappa shape index (κ1) is 15.6. The van der Waals surface area contributed by atoms with Crippen molar-refractivity contribution in [2.75, 3.05) is 32.8 Å². The number of aryl methyl sites for hydroxylation is 1. The summed E-state index contributed by atoms with van der Waals surface area (Å²) in [6.45, 7) is 6.95. The predicted molar refractivity (Wildman–Crippen MR) is 88.0 cm³/mol. The molecule has 3 aliphatic rings. The average molecular weight is 336 g/mol. The molecule has 3 saturated heterocycles. The van der Waals surface area contributed by atoms with E-state index in [-0.39, 0.29) is 12.0 Å². The van der Waals surface area contributed by atoms with Crippen LogP contribution in [0.1, 0.15) is 29.7 Å². The summed E-state index contributed by atoms with van der Waals surface area (Å²) in [4.78, 5) is 22.5. The number of thiophene rings is 1. The van der Waals surface area contributed by atoms with Gasteiger partial charge in [-0.25, -0.2) is 5.06 Å². The van der Waals surface area contributed by atoms with Crippen molar-refractivity contribution in [3.8, 4) is 0 Å². The highest BCUT2D eigenvalue weighted by Gasteiger charge is 2.55. The van der Waals surface area contributed by atoms with Crippen LogP contribution >= 0.6 is 11.3 Å². The van der Waals surface area contributed by atoms with Crippen LogP contribution in [0.2, 0.25) is 0 Å². The fourth-order valence-corrected chi connectivity index (χ4v) is 5.04. The number of hydroxylamine groups is 2. The van der Waals surface area contributed by atoms with E-state index in [0.717, 1.165) is 45.4 Å². The average Bonchev–Trinajstić information content (AvgIpc) is 3.28. The minimum Gasteiger partial charge on any atom is -0.377 e. The van der Waals surface area contributed by atoms with E-state index in [4.69, 9.17) is 9.57 Å². The maximum Gasteiger partial charge on any atom is 0.256 e. The van der Waals surface area contributed by atoms with Crippen molar-refractivity contribution < 1.29 is 14.4 Å². The summed E-state index contributed by atoms with van der Waals surface area (Å²) in [5.74, 6) is 0.144. The van der Waals surface area contributed by atoms with Crippen molar-refractivity contribution in [2.45, 2.75) is 38.8 Å². The van der Waals surface area contributed by atoms with Crippen molar-refractivity contribution in [3.05, 3.63) is 21.9 Å².